The molecule has 0 bridgehead atoms. The highest BCUT2D eigenvalue weighted by Gasteiger charge is 1.97. The molecule has 1 aliphatic carbocycles. The van der Waals surface area contributed by atoms with Gasteiger partial charge in [0.05, 0.1) is 0 Å². The third kappa shape index (κ3) is 1.89. The predicted molar refractivity (Wildman–Crippen MR) is 35.1 cm³/mol. The fraction of sp³-hybridized carbons (Fsp3) is 0.286. The lowest BCUT2D eigenvalue weighted by molar-refractivity contribution is -0.505. The molecule has 1 aliphatic rings. The van der Waals surface area contributed by atoms with Gasteiger partial charge in [0.15, 0.2) is 0 Å². The van der Waals surface area contributed by atoms with Gasteiger partial charge < -0.3 is 15.4 Å². The van der Waals surface area contributed by atoms with Gasteiger partial charge in [-0.05, 0) is 12.2 Å². The molecule has 0 saturated heterocycles. The van der Waals surface area contributed by atoms with E-state index in [0.29, 0.717) is 0 Å². The van der Waals surface area contributed by atoms with Crippen LogP contribution in [0.1, 0.15) is 0 Å². The van der Waals surface area contributed by atoms with Gasteiger partial charge in [-0.3, -0.25) is 0 Å². The summed E-state index contributed by atoms with van der Waals surface area (Å²) in [6.07, 6.45) is 2.45. The second-order valence-corrected chi connectivity index (χ2v) is 2.17. The van der Waals surface area contributed by atoms with Gasteiger partial charge in [0.1, 0.15) is 5.71 Å². The Morgan fingerprint density at radius 3 is 2.00 bits per heavy atom. The van der Waals surface area contributed by atoms with E-state index >= 15 is 0 Å². The number of rotatable bonds is 0. The van der Waals surface area contributed by atoms with Crippen molar-refractivity contribution in [3.05, 3.63) is 24.3 Å². The Balaban J connectivity index is 2.83. The molecule has 2 atom stereocenters. The number of nitrogens with zero attached hydrogens (tertiary/aromatic N) is 1. The minimum Gasteiger partial charge on any atom is -0.849 e. The van der Waals surface area contributed by atoms with Gasteiger partial charge in [-0.1, -0.05) is 17.3 Å². The van der Waals surface area contributed by atoms with Gasteiger partial charge in [-0.25, -0.2) is 0 Å². The Morgan fingerprint density at radius 1 is 1.18 bits per heavy atom. The predicted octanol–water partition coefficient (Wildman–Crippen LogP) is -1.60. The van der Waals surface area contributed by atoms with Crippen LogP contribution in [-0.4, -0.2) is 23.1 Å². The van der Waals surface area contributed by atoms with Crippen molar-refractivity contribution < 1.29 is 15.4 Å². The molecule has 4 heteroatoms. The quantitative estimate of drug-likeness (QED) is 0.336. The molecule has 0 heterocycles. The Bertz CT molecular complexity index is 200. The molecule has 0 aromatic rings. The highest BCUT2D eigenvalue weighted by Crippen LogP contribution is 1.98. The first-order valence-electron chi connectivity index (χ1n) is 3.14. The number of allylic oxidation sites excluding steroid dienone is 2. The molecule has 0 aliphatic heterocycles. The van der Waals surface area contributed by atoms with Crippen molar-refractivity contribution in [3.8, 4) is 0 Å². The molecule has 1 N–H and O–H groups in total. The average Bonchev–Trinajstić information content (AvgIpc) is 2.16. The molecule has 11 heavy (non-hydrogen) atoms. The molecule has 60 valence electrons. The van der Waals surface area contributed by atoms with E-state index in [1.807, 2.05) is 0 Å². The van der Waals surface area contributed by atoms with Gasteiger partial charge in [0.2, 0.25) is 0 Å². The number of hydrogen-bond acceptors (Lipinski definition) is 4. The minimum atomic E-state index is -1.29. The summed E-state index contributed by atoms with van der Waals surface area (Å²) < 4.78 is 0. The van der Waals surface area contributed by atoms with Crippen LogP contribution in [0.2, 0.25) is 0 Å². The average molecular weight is 153 g/mol. The molecular formula is C7H7NO3-2. The molecule has 2 unspecified atom stereocenters. The van der Waals surface area contributed by atoms with Crippen LogP contribution in [0.4, 0.5) is 0 Å². The van der Waals surface area contributed by atoms with E-state index < -0.39 is 12.2 Å². The van der Waals surface area contributed by atoms with Crippen molar-refractivity contribution in [1.29, 1.82) is 0 Å². The second-order valence-electron chi connectivity index (χ2n) is 2.17. The zero-order chi connectivity index (χ0) is 8.27. The molecule has 1 rings (SSSR count). The van der Waals surface area contributed by atoms with Crippen LogP contribution in [0.25, 0.3) is 0 Å². The van der Waals surface area contributed by atoms with Crippen molar-refractivity contribution in [1.82, 2.24) is 0 Å². The van der Waals surface area contributed by atoms with E-state index in [1.54, 1.807) is 0 Å². The zero-order valence-corrected chi connectivity index (χ0v) is 5.68. The topological polar surface area (TPSA) is 78.7 Å². The molecule has 0 fully saturated rings. The molecule has 0 amide bonds. The molecule has 0 aromatic heterocycles. The Hall–Kier alpha value is -1.13. The first-order chi connectivity index (χ1) is 5.24. The van der Waals surface area contributed by atoms with Gasteiger partial charge in [-0.15, -0.1) is 12.2 Å². The van der Waals surface area contributed by atoms with Crippen molar-refractivity contribution in [2.24, 2.45) is 5.16 Å². The fourth-order valence-corrected chi connectivity index (χ4v) is 0.728. The van der Waals surface area contributed by atoms with Gasteiger partial charge in [0, 0.05) is 0 Å². The van der Waals surface area contributed by atoms with Crippen molar-refractivity contribution in [3.63, 3.8) is 0 Å². The molecule has 0 aromatic carbocycles. The summed E-state index contributed by atoms with van der Waals surface area (Å²) in [6.45, 7) is 0. The van der Waals surface area contributed by atoms with Crippen LogP contribution in [0.15, 0.2) is 29.5 Å². The summed E-state index contributed by atoms with van der Waals surface area (Å²) >= 11 is 0. The third-order valence-corrected chi connectivity index (χ3v) is 1.35. The van der Waals surface area contributed by atoms with Gasteiger partial charge in [0.25, 0.3) is 0 Å². The van der Waals surface area contributed by atoms with Crippen molar-refractivity contribution >= 4 is 5.71 Å². The number of oxime groups is 1. The first-order valence-corrected chi connectivity index (χ1v) is 3.14. The standard InChI is InChI=1S/C7H7NO3/c9-6-3-1-5(8-11)2-4-7(6)10/h1-4,6-7,11H/q-2. The smallest absolute Gasteiger partial charge is 0.101 e. The molecular weight excluding hydrogens is 146 g/mol. The largest absolute Gasteiger partial charge is 0.849 e. The van der Waals surface area contributed by atoms with E-state index in [1.165, 1.54) is 24.3 Å². The van der Waals surface area contributed by atoms with Crippen LogP contribution < -0.4 is 10.2 Å². The lowest BCUT2D eigenvalue weighted by Crippen LogP contribution is -2.43. The molecule has 4 nitrogen and oxygen atoms in total. The monoisotopic (exact) mass is 153 g/mol. The van der Waals surface area contributed by atoms with Crippen LogP contribution in [0, 0.1) is 0 Å². The lowest BCUT2D eigenvalue weighted by Gasteiger charge is -2.30. The Labute approximate surface area is 63.8 Å². The zero-order valence-electron chi connectivity index (χ0n) is 5.68. The minimum absolute atomic E-state index is 0.226. The number of hydrogen-bond donors (Lipinski definition) is 1. The third-order valence-electron chi connectivity index (χ3n) is 1.35. The summed E-state index contributed by atoms with van der Waals surface area (Å²) in [7, 11) is 0. The maximum Gasteiger partial charge on any atom is 0.101 e. The van der Waals surface area contributed by atoms with Crippen LogP contribution in [0.3, 0.4) is 0 Å². The normalized spacial score (nSPS) is 30.2. The SMILES string of the molecule is [O-]C1C=CC(=NO)C=CC1[O-]. The van der Waals surface area contributed by atoms with Crippen molar-refractivity contribution in [2.45, 2.75) is 12.2 Å². The molecule has 0 saturated carbocycles. The van der Waals surface area contributed by atoms with E-state index in [0.717, 1.165) is 0 Å². The first kappa shape index (κ1) is 7.97. The van der Waals surface area contributed by atoms with E-state index in [2.05, 4.69) is 5.16 Å². The summed E-state index contributed by atoms with van der Waals surface area (Å²) in [5, 5.41) is 32.7. The van der Waals surface area contributed by atoms with E-state index in [4.69, 9.17) is 5.21 Å². The molecule has 0 spiro atoms. The highest BCUT2D eigenvalue weighted by atomic mass is 16.4. The summed E-state index contributed by atoms with van der Waals surface area (Å²) in [4.78, 5) is 0. The summed E-state index contributed by atoms with van der Waals surface area (Å²) in [5.41, 5.74) is 0.226. The maximum absolute atomic E-state index is 10.8. The van der Waals surface area contributed by atoms with Gasteiger partial charge in [-0.2, -0.15) is 0 Å². The summed E-state index contributed by atoms with van der Waals surface area (Å²) in [6, 6.07) is 0. The van der Waals surface area contributed by atoms with Crippen molar-refractivity contribution in [2.75, 3.05) is 0 Å². The highest BCUT2D eigenvalue weighted by molar-refractivity contribution is 6.03. The second kappa shape index (κ2) is 3.32. The lowest BCUT2D eigenvalue weighted by atomic mass is 10.2. The Kier molecular flexibility index (Phi) is 2.40. The van der Waals surface area contributed by atoms with E-state index in [9.17, 15) is 10.2 Å². The Morgan fingerprint density at radius 2 is 1.64 bits per heavy atom. The summed E-state index contributed by atoms with van der Waals surface area (Å²) in [5.74, 6) is 0. The fourth-order valence-electron chi connectivity index (χ4n) is 0.728. The van der Waals surface area contributed by atoms with Crippen LogP contribution in [-0.2, 0) is 0 Å². The maximum atomic E-state index is 10.8. The van der Waals surface area contributed by atoms with Gasteiger partial charge >= 0.3 is 0 Å². The van der Waals surface area contributed by atoms with Crippen LogP contribution in [0.5, 0.6) is 0 Å². The van der Waals surface area contributed by atoms with Crippen LogP contribution >= 0.6 is 0 Å². The molecule has 0 radical (unpaired) electrons. The van der Waals surface area contributed by atoms with E-state index in [-0.39, 0.29) is 5.71 Å².